The first kappa shape index (κ1) is 32.0. The zero-order valence-electron chi connectivity index (χ0n) is 30.7. The van der Waals surface area contributed by atoms with Crippen molar-refractivity contribution in [3.63, 3.8) is 0 Å². The van der Waals surface area contributed by atoms with Crippen LogP contribution in [-0.2, 0) is 0 Å². The van der Waals surface area contributed by atoms with Crippen molar-refractivity contribution in [2.75, 3.05) is 0 Å². The molecule has 0 atom stereocenters. The van der Waals surface area contributed by atoms with E-state index in [1.165, 1.54) is 93.8 Å². The second kappa shape index (κ2) is 13.2. The predicted molar refractivity (Wildman–Crippen MR) is 237 cm³/mol. The SMILES string of the molecule is c1ccc(-c2ccc(-c3ccc(-n4c5ccccc5c5ccc(-c6ccc7c(c6)c6ccccc6n7-c6ccccc6-c6ccccc6)cc54)cc3)cc2)cc1. The van der Waals surface area contributed by atoms with Gasteiger partial charge in [-0.25, -0.2) is 0 Å². The van der Waals surface area contributed by atoms with Crippen LogP contribution in [0.25, 0.3) is 99.5 Å². The molecule has 0 N–H and O–H groups in total. The number of para-hydroxylation sites is 3. The number of aromatic nitrogens is 2. The second-order valence-electron chi connectivity index (χ2n) is 14.5. The fourth-order valence-corrected chi connectivity index (χ4v) is 8.66. The van der Waals surface area contributed by atoms with Gasteiger partial charge in [-0.3, -0.25) is 0 Å². The molecule has 9 aromatic carbocycles. The van der Waals surface area contributed by atoms with E-state index in [0.29, 0.717) is 0 Å². The maximum atomic E-state index is 2.43. The number of nitrogens with zero attached hydrogens (tertiary/aromatic N) is 2. The Morgan fingerprint density at radius 1 is 0.232 bits per heavy atom. The first-order chi connectivity index (χ1) is 27.8. The lowest BCUT2D eigenvalue weighted by atomic mass is 10.00. The summed E-state index contributed by atoms with van der Waals surface area (Å²) in [5.41, 5.74) is 16.8. The summed E-state index contributed by atoms with van der Waals surface area (Å²) in [6, 6.07) is 79.3. The molecule has 2 heteroatoms. The summed E-state index contributed by atoms with van der Waals surface area (Å²) in [5.74, 6) is 0. The average Bonchev–Trinajstić information content (AvgIpc) is 3.79. The third-order valence-corrected chi connectivity index (χ3v) is 11.4. The maximum absolute atomic E-state index is 2.43. The first-order valence-corrected chi connectivity index (χ1v) is 19.3. The number of fused-ring (bicyclic) bond motifs is 6. The highest BCUT2D eigenvalue weighted by Gasteiger charge is 2.18. The molecule has 2 heterocycles. The molecule has 2 aromatic heterocycles. The highest BCUT2D eigenvalue weighted by molar-refractivity contribution is 6.12. The Kier molecular flexibility index (Phi) is 7.53. The smallest absolute Gasteiger partial charge is 0.0547 e. The van der Waals surface area contributed by atoms with Crippen molar-refractivity contribution < 1.29 is 0 Å². The van der Waals surface area contributed by atoms with Crippen molar-refractivity contribution >= 4 is 43.6 Å². The number of hydrogen-bond acceptors (Lipinski definition) is 0. The van der Waals surface area contributed by atoms with Crippen LogP contribution in [0.3, 0.4) is 0 Å². The van der Waals surface area contributed by atoms with E-state index in [-0.39, 0.29) is 0 Å². The van der Waals surface area contributed by atoms with Gasteiger partial charge in [0, 0.05) is 32.8 Å². The molecular formula is C54H36N2. The van der Waals surface area contributed by atoms with E-state index in [2.05, 4.69) is 228 Å². The molecule has 0 fully saturated rings. The van der Waals surface area contributed by atoms with Crippen LogP contribution in [0, 0.1) is 0 Å². The molecule has 11 rings (SSSR count). The Morgan fingerprint density at radius 2 is 0.679 bits per heavy atom. The van der Waals surface area contributed by atoms with Gasteiger partial charge in [-0.2, -0.15) is 0 Å². The average molecular weight is 713 g/mol. The normalized spacial score (nSPS) is 11.6. The zero-order valence-corrected chi connectivity index (χ0v) is 30.7. The van der Waals surface area contributed by atoms with E-state index in [1.54, 1.807) is 0 Å². The summed E-state index contributed by atoms with van der Waals surface area (Å²) < 4.78 is 4.85. The maximum Gasteiger partial charge on any atom is 0.0547 e. The van der Waals surface area contributed by atoms with Crippen LogP contribution in [0.5, 0.6) is 0 Å². The minimum Gasteiger partial charge on any atom is -0.309 e. The minimum atomic E-state index is 1.15. The lowest BCUT2D eigenvalue weighted by Crippen LogP contribution is -1.97. The molecule has 56 heavy (non-hydrogen) atoms. The fourth-order valence-electron chi connectivity index (χ4n) is 8.66. The fraction of sp³-hybridized carbons (Fsp3) is 0. The predicted octanol–water partition coefficient (Wildman–Crippen LogP) is 14.5. The van der Waals surface area contributed by atoms with Crippen LogP contribution in [0.15, 0.2) is 218 Å². The van der Waals surface area contributed by atoms with E-state index in [0.717, 1.165) is 5.69 Å². The van der Waals surface area contributed by atoms with Gasteiger partial charge in [-0.15, -0.1) is 0 Å². The van der Waals surface area contributed by atoms with Gasteiger partial charge in [0.05, 0.1) is 27.8 Å². The third-order valence-electron chi connectivity index (χ3n) is 11.4. The van der Waals surface area contributed by atoms with Crippen LogP contribution >= 0.6 is 0 Å². The van der Waals surface area contributed by atoms with Crippen molar-refractivity contribution in [3.8, 4) is 55.9 Å². The van der Waals surface area contributed by atoms with Crippen LogP contribution < -0.4 is 0 Å². The molecule has 0 bridgehead atoms. The molecule has 0 aliphatic heterocycles. The van der Waals surface area contributed by atoms with Crippen molar-refractivity contribution in [3.05, 3.63) is 218 Å². The lowest BCUT2D eigenvalue weighted by molar-refractivity contribution is 1.18. The standard InChI is InChI=1S/C54H36N2/c1-3-13-37(14-4-1)38-23-25-39(26-24-38)40-27-31-44(32-28-40)55-51-21-11-8-18-46(51)48-33-29-43(36-54(48)55)42-30-34-53-49(35-42)47-19-9-12-22-52(47)56(53)50-20-10-7-17-45(50)41-15-5-2-6-16-41/h1-36H. The Balaban J connectivity index is 1.02. The topological polar surface area (TPSA) is 9.86 Å². The number of hydrogen-bond donors (Lipinski definition) is 0. The van der Waals surface area contributed by atoms with Gasteiger partial charge in [-0.1, -0.05) is 170 Å². The monoisotopic (exact) mass is 712 g/mol. The van der Waals surface area contributed by atoms with Gasteiger partial charge in [0.2, 0.25) is 0 Å². The summed E-state index contributed by atoms with van der Waals surface area (Å²) in [7, 11) is 0. The van der Waals surface area contributed by atoms with Crippen LogP contribution in [0.4, 0.5) is 0 Å². The second-order valence-corrected chi connectivity index (χ2v) is 14.5. The number of rotatable bonds is 6. The summed E-state index contributed by atoms with van der Waals surface area (Å²) in [5, 5.41) is 5.00. The van der Waals surface area contributed by atoms with Gasteiger partial charge >= 0.3 is 0 Å². The Hall–Kier alpha value is -7.42. The Labute approximate surface area is 325 Å². The van der Waals surface area contributed by atoms with E-state index in [9.17, 15) is 0 Å². The van der Waals surface area contributed by atoms with Crippen molar-refractivity contribution in [2.24, 2.45) is 0 Å². The third kappa shape index (κ3) is 5.26. The molecule has 0 saturated heterocycles. The van der Waals surface area contributed by atoms with Crippen LogP contribution in [0.2, 0.25) is 0 Å². The first-order valence-electron chi connectivity index (χ1n) is 19.3. The molecule has 0 amide bonds. The van der Waals surface area contributed by atoms with Gasteiger partial charge in [0.25, 0.3) is 0 Å². The van der Waals surface area contributed by atoms with Gasteiger partial charge in [0.1, 0.15) is 0 Å². The highest BCUT2D eigenvalue weighted by Crippen LogP contribution is 2.40. The molecule has 0 aliphatic carbocycles. The quantitative estimate of drug-likeness (QED) is 0.162. The van der Waals surface area contributed by atoms with Crippen molar-refractivity contribution in [1.82, 2.24) is 9.13 Å². The van der Waals surface area contributed by atoms with Gasteiger partial charge in [0.15, 0.2) is 0 Å². The van der Waals surface area contributed by atoms with Gasteiger partial charge < -0.3 is 9.13 Å². The highest BCUT2D eigenvalue weighted by atomic mass is 15.0. The van der Waals surface area contributed by atoms with Crippen LogP contribution in [-0.4, -0.2) is 9.13 Å². The molecule has 0 aliphatic rings. The number of benzene rings is 9. The van der Waals surface area contributed by atoms with Crippen LogP contribution in [0.1, 0.15) is 0 Å². The van der Waals surface area contributed by atoms with Crippen molar-refractivity contribution in [2.45, 2.75) is 0 Å². The van der Waals surface area contributed by atoms with E-state index < -0.39 is 0 Å². The zero-order chi connectivity index (χ0) is 37.0. The van der Waals surface area contributed by atoms with E-state index in [4.69, 9.17) is 0 Å². The Morgan fingerprint density at radius 3 is 1.38 bits per heavy atom. The molecule has 0 spiro atoms. The van der Waals surface area contributed by atoms with E-state index >= 15 is 0 Å². The lowest BCUT2D eigenvalue weighted by Gasteiger charge is -2.14. The molecule has 0 unspecified atom stereocenters. The Bertz CT molecular complexity index is 3200. The minimum absolute atomic E-state index is 1.15. The summed E-state index contributed by atoms with van der Waals surface area (Å²) >= 11 is 0. The molecule has 0 radical (unpaired) electrons. The molecule has 262 valence electrons. The van der Waals surface area contributed by atoms with Crippen molar-refractivity contribution in [1.29, 1.82) is 0 Å². The van der Waals surface area contributed by atoms with E-state index in [1.807, 2.05) is 0 Å². The summed E-state index contributed by atoms with van der Waals surface area (Å²) in [6.07, 6.45) is 0. The molecule has 2 nitrogen and oxygen atoms in total. The molecular weight excluding hydrogens is 677 g/mol. The summed E-state index contributed by atoms with van der Waals surface area (Å²) in [6.45, 7) is 0. The summed E-state index contributed by atoms with van der Waals surface area (Å²) in [4.78, 5) is 0. The largest absolute Gasteiger partial charge is 0.309 e. The van der Waals surface area contributed by atoms with Gasteiger partial charge in [-0.05, 0) is 87.5 Å². The molecule has 11 aromatic rings. The molecule has 0 saturated carbocycles.